The number of thiazole rings is 1. The number of para-hydroxylation sites is 1. The van der Waals surface area contributed by atoms with Crippen LogP contribution in [0.4, 0.5) is 0 Å². The average Bonchev–Trinajstić information content (AvgIpc) is 3.32. The Labute approximate surface area is 183 Å². The van der Waals surface area contributed by atoms with Crippen molar-refractivity contribution in [1.82, 2.24) is 20.4 Å². The molecule has 1 aromatic carbocycles. The van der Waals surface area contributed by atoms with Gasteiger partial charge in [-0.05, 0) is 44.5 Å². The van der Waals surface area contributed by atoms with Crippen molar-refractivity contribution in [3.05, 3.63) is 70.2 Å². The van der Waals surface area contributed by atoms with Crippen LogP contribution in [-0.2, 0) is 12.2 Å². The molecule has 0 spiro atoms. The van der Waals surface area contributed by atoms with Gasteiger partial charge in [-0.2, -0.15) is 0 Å². The zero-order valence-corrected chi connectivity index (χ0v) is 18.5. The van der Waals surface area contributed by atoms with E-state index in [0.717, 1.165) is 40.4 Å². The van der Waals surface area contributed by atoms with Gasteiger partial charge in [-0.3, -0.25) is 4.79 Å². The number of nitrogens with zero attached hydrogens (tertiary/aromatic N) is 3. The first-order valence-electron chi connectivity index (χ1n) is 9.74. The van der Waals surface area contributed by atoms with Crippen molar-refractivity contribution in [2.45, 2.75) is 37.5 Å². The summed E-state index contributed by atoms with van der Waals surface area (Å²) >= 11 is 3.23. The number of amides is 1. The summed E-state index contributed by atoms with van der Waals surface area (Å²) in [6, 6.07) is 11.7. The highest BCUT2D eigenvalue weighted by Gasteiger charge is 2.15. The van der Waals surface area contributed by atoms with E-state index in [1.54, 1.807) is 23.6 Å². The number of hydrogen-bond donors (Lipinski definition) is 1. The van der Waals surface area contributed by atoms with E-state index in [9.17, 15) is 4.79 Å². The second kappa shape index (κ2) is 9.40. The maximum absolute atomic E-state index is 12.7. The van der Waals surface area contributed by atoms with Gasteiger partial charge in [0.25, 0.3) is 5.91 Å². The molecule has 3 aromatic heterocycles. The number of carbonyl (C=O) groups is 1. The first-order chi connectivity index (χ1) is 14.6. The van der Waals surface area contributed by atoms with Crippen LogP contribution in [0.2, 0.25) is 0 Å². The Balaban J connectivity index is 1.32. The van der Waals surface area contributed by atoms with Gasteiger partial charge in [-0.25, -0.2) is 9.97 Å². The van der Waals surface area contributed by atoms with Gasteiger partial charge in [0.2, 0.25) is 0 Å². The second-order valence-electron chi connectivity index (χ2n) is 6.88. The lowest BCUT2D eigenvalue weighted by Crippen LogP contribution is -2.25. The summed E-state index contributed by atoms with van der Waals surface area (Å²) in [4.78, 5) is 21.8. The predicted octanol–water partition coefficient (Wildman–Crippen LogP) is 4.95. The average molecular weight is 439 g/mol. The van der Waals surface area contributed by atoms with Crippen LogP contribution in [0.25, 0.3) is 10.2 Å². The van der Waals surface area contributed by atoms with E-state index >= 15 is 0 Å². The normalized spacial score (nSPS) is 11.1. The molecule has 0 atom stereocenters. The number of rotatable bonds is 8. The summed E-state index contributed by atoms with van der Waals surface area (Å²) in [6.07, 6.45) is 3.40. The van der Waals surface area contributed by atoms with E-state index < -0.39 is 0 Å². The highest BCUT2D eigenvalue weighted by Crippen LogP contribution is 2.27. The maximum Gasteiger partial charge on any atom is 0.254 e. The van der Waals surface area contributed by atoms with Crippen LogP contribution < -0.4 is 5.32 Å². The zero-order valence-electron chi connectivity index (χ0n) is 16.8. The zero-order chi connectivity index (χ0) is 20.9. The monoisotopic (exact) mass is 438 g/mol. The molecule has 4 rings (SSSR count). The summed E-state index contributed by atoms with van der Waals surface area (Å²) in [5.74, 6) is 1.36. The lowest BCUT2D eigenvalue weighted by atomic mass is 10.2. The Morgan fingerprint density at radius 1 is 1.20 bits per heavy atom. The van der Waals surface area contributed by atoms with Crippen molar-refractivity contribution < 1.29 is 9.32 Å². The number of hydrogen-bond acceptors (Lipinski definition) is 7. The molecule has 0 bridgehead atoms. The Hall–Kier alpha value is -2.71. The molecule has 4 aromatic rings. The molecule has 0 aliphatic heterocycles. The number of pyridine rings is 1. The fourth-order valence-corrected chi connectivity index (χ4v) is 5.24. The molecule has 30 heavy (non-hydrogen) atoms. The van der Waals surface area contributed by atoms with Gasteiger partial charge in [0.05, 0.1) is 26.5 Å². The Morgan fingerprint density at radius 3 is 2.87 bits per heavy atom. The van der Waals surface area contributed by atoms with Gasteiger partial charge in [0.1, 0.15) is 10.8 Å². The number of benzene rings is 1. The van der Waals surface area contributed by atoms with Crippen molar-refractivity contribution in [3.8, 4) is 0 Å². The molecule has 0 aliphatic carbocycles. The third-order valence-corrected chi connectivity index (χ3v) is 6.87. The summed E-state index contributed by atoms with van der Waals surface area (Å²) in [6.45, 7) is 4.41. The molecule has 8 heteroatoms. The van der Waals surface area contributed by atoms with Crippen LogP contribution in [-0.4, -0.2) is 27.6 Å². The Morgan fingerprint density at radius 2 is 2.07 bits per heavy atom. The first-order valence-corrected chi connectivity index (χ1v) is 11.5. The summed E-state index contributed by atoms with van der Waals surface area (Å²) in [5.41, 5.74) is 3.55. The van der Waals surface area contributed by atoms with Gasteiger partial charge in [-0.1, -0.05) is 17.3 Å². The van der Waals surface area contributed by atoms with E-state index in [1.165, 1.54) is 16.5 Å². The maximum atomic E-state index is 12.7. The highest BCUT2D eigenvalue weighted by atomic mass is 32.2. The van der Waals surface area contributed by atoms with E-state index in [2.05, 4.69) is 26.5 Å². The van der Waals surface area contributed by atoms with Gasteiger partial charge in [0.15, 0.2) is 0 Å². The number of thioether (sulfide) groups is 1. The van der Waals surface area contributed by atoms with E-state index in [1.807, 2.05) is 38.1 Å². The van der Waals surface area contributed by atoms with Crippen LogP contribution in [0.3, 0.4) is 0 Å². The lowest BCUT2D eigenvalue weighted by molar-refractivity contribution is 0.0949. The summed E-state index contributed by atoms with van der Waals surface area (Å²) < 4.78 is 6.42. The van der Waals surface area contributed by atoms with Crippen molar-refractivity contribution in [2.75, 3.05) is 6.54 Å². The van der Waals surface area contributed by atoms with Gasteiger partial charge >= 0.3 is 0 Å². The Kier molecular flexibility index (Phi) is 6.44. The van der Waals surface area contributed by atoms with Gasteiger partial charge in [-0.15, -0.1) is 23.1 Å². The van der Waals surface area contributed by atoms with E-state index in [0.29, 0.717) is 22.9 Å². The molecule has 0 fully saturated rings. The molecule has 1 N–H and O–H groups in total. The molecule has 154 valence electrons. The van der Waals surface area contributed by atoms with Crippen molar-refractivity contribution >= 4 is 39.2 Å². The smallest absolute Gasteiger partial charge is 0.254 e. The minimum Gasteiger partial charge on any atom is -0.361 e. The molecular formula is C22H22N4O2S2. The van der Waals surface area contributed by atoms with Crippen LogP contribution in [0, 0.1) is 13.8 Å². The molecule has 0 saturated heterocycles. The minimum atomic E-state index is -0.103. The third kappa shape index (κ3) is 4.71. The summed E-state index contributed by atoms with van der Waals surface area (Å²) in [7, 11) is 0. The molecule has 1 amide bonds. The van der Waals surface area contributed by atoms with E-state index in [4.69, 9.17) is 4.52 Å². The SMILES string of the molecule is Cc1noc(C)c1CSc1ncccc1C(=O)NCCCc1nc2ccccc2s1. The van der Waals surface area contributed by atoms with Crippen molar-refractivity contribution in [3.63, 3.8) is 0 Å². The highest BCUT2D eigenvalue weighted by molar-refractivity contribution is 7.98. The first kappa shape index (κ1) is 20.6. The van der Waals surface area contributed by atoms with Crippen molar-refractivity contribution in [2.24, 2.45) is 0 Å². The van der Waals surface area contributed by atoms with Gasteiger partial charge < -0.3 is 9.84 Å². The fraction of sp³-hybridized carbons (Fsp3) is 0.273. The topological polar surface area (TPSA) is 80.9 Å². The molecule has 3 heterocycles. The number of fused-ring (bicyclic) bond motifs is 1. The second-order valence-corrected chi connectivity index (χ2v) is 8.96. The molecule has 0 unspecified atom stereocenters. The van der Waals surface area contributed by atoms with Crippen LogP contribution in [0.15, 0.2) is 52.1 Å². The lowest BCUT2D eigenvalue weighted by Gasteiger charge is -2.09. The van der Waals surface area contributed by atoms with E-state index in [-0.39, 0.29) is 5.91 Å². The number of carbonyl (C=O) groups excluding carboxylic acids is 1. The number of aryl methyl sites for hydroxylation is 3. The quantitative estimate of drug-likeness (QED) is 0.310. The van der Waals surface area contributed by atoms with Gasteiger partial charge in [0, 0.05) is 30.5 Å². The van der Waals surface area contributed by atoms with Crippen molar-refractivity contribution in [1.29, 1.82) is 0 Å². The molecular weight excluding hydrogens is 416 g/mol. The molecule has 0 aliphatic rings. The fourth-order valence-electron chi connectivity index (χ4n) is 3.09. The number of aromatic nitrogens is 3. The van der Waals surface area contributed by atoms with Crippen LogP contribution >= 0.6 is 23.1 Å². The number of nitrogens with one attached hydrogen (secondary N) is 1. The minimum absolute atomic E-state index is 0.103. The molecule has 0 radical (unpaired) electrons. The van der Waals surface area contributed by atoms with Crippen LogP contribution in [0.1, 0.15) is 38.8 Å². The molecule has 6 nitrogen and oxygen atoms in total. The van der Waals surface area contributed by atoms with Crippen LogP contribution in [0.5, 0.6) is 0 Å². The Bertz CT molecular complexity index is 1120. The predicted molar refractivity (Wildman–Crippen MR) is 120 cm³/mol. The largest absolute Gasteiger partial charge is 0.361 e. The summed E-state index contributed by atoms with van der Waals surface area (Å²) in [5, 5.41) is 8.80. The standard InChI is InChI=1S/C22H22N4O2S2/c1-14-17(15(2)28-26-14)13-29-22-16(7-5-12-24-22)21(27)23-11-6-10-20-25-18-8-3-4-9-19(18)30-20/h3-5,7-9,12H,6,10-11,13H2,1-2H3,(H,23,27). The molecule has 0 saturated carbocycles. The third-order valence-electron chi connectivity index (χ3n) is 4.74.